The van der Waals surface area contributed by atoms with Gasteiger partial charge in [-0.15, -0.1) is 0 Å². The zero-order valence-corrected chi connectivity index (χ0v) is 4.85. The number of nitrogens with zero attached hydrogens (tertiary/aromatic N) is 1. The van der Waals surface area contributed by atoms with E-state index < -0.39 is 0 Å². The first-order valence-electron chi connectivity index (χ1n) is 3.19. The van der Waals surface area contributed by atoms with Crippen molar-refractivity contribution in [2.24, 2.45) is 0 Å². The molecule has 0 saturated carbocycles. The Morgan fingerprint density at radius 1 is 1.43 bits per heavy atom. The zero-order chi connectivity index (χ0) is 4.91. The lowest BCUT2D eigenvalue weighted by Crippen LogP contribution is -2.41. The Balaban J connectivity index is 2.05. The van der Waals surface area contributed by atoms with E-state index in [1.54, 1.807) is 0 Å². The molecule has 1 heteroatoms. The van der Waals surface area contributed by atoms with Crippen LogP contribution in [0.4, 0.5) is 0 Å². The summed E-state index contributed by atoms with van der Waals surface area (Å²) in [5, 5.41) is 0. The first-order valence-corrected chi connectivity index (χ1v) is 3.19. The highest BCUT2D eigenvalue weighted by Crippen LogP contribution is 2.37. The summed E-state index contributed by atoms with van der Waals surface area (Å²) in [6, 6.07) is 1.04. The molecule has 7 heavy (non-hydrogen) atoms. The molecule has 1 spiro atoms. The summed E-state index contributed by atoms with van der Waals surface area (Å²) in [7, 11) is 0. The summed E-state index contributed by atoms with van der Waals surface area (Å²) >= 11 is 0. The molecule has 0 amide bonds. The van der Waals surface area contributed by atoms with Crippen molar-refractivity contribution in [3.63, 3.8) is 0 Å². The van der Waals surface area contributed by atoms with Gasteiger partial charge in [-0.2, -0.15) is 0 Å². The molecule has 0 aromatic carbocycles. The molecule has 1 atom stereocenters. The van der Waals surface area contributed by atoms with E-state index in [9.17, 15) is 0 Å². The van der Waals surface area contributed by atoms with Crippen LogP contribution >= 0.6 is 0 Å². The highest BCUT2D eigenvalue weighted by molar-refractivity contribution is 4.74. The smallest absolute Gasteiger partial charge is 0.136 e. The van der Waals surface area contributed by atoms with Gasteiger partial charge in [0.05, 0.1) is 13.1 Å². The second kappa shape index (κ2) is 0.873. The third kappa shape index (κ3) is 0.325. The van der Waals surface area contributed by atoms with Crippen molar-refractivity contribution >= 4 is 0 Å². The molecule has 2 aliphatic rings. The highest BCUT2D eigenvalue weighted by atomic mass is 15.5. The molecule has 0 bridgehead atoms. The maximum absolute atomic E-state index is 2.36. The minimum atomic E-state index is 1.04. The second-order valence-electron chi connectivity index (χ2n) is 3.05. The van der Waals surface area contributed by atoms with Crippen LogP contribution in [-0.4, -0.2) is 30.2 Å². The molecular formula is C6H12N+. The fraction of sp³-hybridized carbons (Fsp3) is 1.00. The minimum absolute atomic E-state index is 1.04. The van der Waals surface area contributed by atoms with Gasteiger partial charge in [0.25, 0.3) is 0 Å². The molecule has 2 aliphatic heterocycles. The van der Waals surface area contributed by atoms with Gasteiger partial charge in [-0.1, -0.05) is 0 Å². The fourth-order valence-corrected chi connectivity index (χ4v) is 1.67. The molecule has 0 N–H and O–H groups in total. The lowest BCUT2D eigenvalue weighted by Gasteiger charge is -2.28. The quantitative estimate of drug-likeness (QED) is 0.307. The van der Waals surface area contributed by atoms with Crippen LogP contribution in [0.1, 0.15) is 13.3 Å². The second-order valence-corrected chi connectivity index (χ2v) is 3.05. The molecule has 0 aromatic heterocycles. The van der Waals surface area contributed by atoms with E-state index >= 15 is 0 Å². The first kappa shape index (κ1) is 3.90. The van der Waals surface area contributed by atoms with Gasteiger partial charge in [-0.3, -0.25) is 0 Å². The third-order valence-electron chi connectivity index (χ3n) is 2.64. The summed E-state index contributed by atoms with van der Waals surface area (Å²) < 4.78 is 1.49. The molecule has 2 fully saturated rings. The average Bonchev–Trinajstić information content (AvgIpc) is 2.10. The normalized spacial score (nSPS) is 43.3. The van der Waals surface area contributed by atoms with Gasteiger partial charge < -0.3 is 4.48 Å². The summed E-state index contributed by atoms with van der Waals surface area (Å²) in [6.07, 6.45) is 1.49. The van der Waals surface area contributed by atoms with Crippen molar-refractivity contribution < 1.29 is 4.48 Å². The maximum atomic E-state index is 2.36. The topological polar surface area (TPSA) is 0 Å². The Morgan fingerprint density at radius 3 is 2.00 bits per heavy atom. The third-order valence-corrected chi connectivity index (χ3v) is 2.64. The average molecular weight is 98.2 g/mol. The van der Waals surface area contributed by atoms with Crippen LogP contribution in [-0.2, 0) is 0 Å². The van der Waals surface area contributed by atoms with Crippen molar-refractivity contribution in [1.82, 2.24) is 0 Å². The van der Waals surface area contributed by atoms with E-state index in [-0.39, 0.29) is 0 Å². The van der Waals surface area contributed by atoms with Gasteiger partial charge in [-0.25, -0.2) is 0 Å². The molecular weight excluding hydrogens is 86.1 g/mol. The zero-order valence-electron chi connectivity index (χ0n) is 4.85. The molecule has 1 nitrogen and oxygen atoms in total. The molecule has 2 heterocycles. The first-order chi connectivity index (χ1) is 3.33. The van der Waals surface area contributed by atoms with Crippen molar-refractivity contribution in [2.45, 2.75) is 19.4 Å². The lowest BCUT2D eigenvalue weighted by atomic mass is 10.2. The van der Waals surface area contributed by atoms with Gasteiger partial charge >= 0.3 is 0 Å². The summed E-state index contributed by atoms with van der Waals surface area (Å²) in [5.74, 6) is 0. The van der Waals surface area contributed by atoms with Crippen LogP contribution in [0.2, 0.25) is 0 Å². The van der Waals surface area contributed by atoms with Crippen molar-refractivity contribution in [2.75, 3.05) is 19.6 Å². The molecule has 0 aromatic rings. The van der Waals surface area contributed by atoms with E-state index in [0.717, 1.165) is 6.04 Å². The summed E-state index contributed by atoms with van der Waals surface area (Å²) in [6.45, 7) is 6.82. The van der Waals surface area contributed by atoms with Gasteiger partial charge in [-0.05, 0) is 6.92 Å². The molecule has 2 saturated heterocycles. The number of hydrogen-bond donors (Lipinski definition) is 0. The Hall–Kier alpha value is -0.0400. The fourth-order valence-electron chi connectivity index (χ4n) is 1.67. The molecule has 0 aliphatic carbocycles. The lowest BCUT2D eigenvalue weighted by molar-refractivity contribution is -0.854. The SMILES string of the molecule is CC1C[N+]12CCC2. The van der Waals surface area contributed by atoms with Crippen molar-refractivity contribution in [3.05, 3.63) is 0 Å². The number of quaternary nitrogens is 1. The number of hydrogen-bond acceptors (Lipinski definition) is 0. The summed E-state index contributed by atoms with van der Waals surface area (Å²) in [4.78, 5) is 0. The molecule has 0 radical (unpaired) electrons. The standard InChI is InChI=1S/C6H12N/c1-6-5-7(6)3-2-4-7/h6H,2-5H2,1H3/q+1. The van der Waals surface area contributed by atoms with E-state index in [4.69, 9.17) is 0 Å². The maximum Gasteiger partial charge on any atom is 0.136 e. The van der Waals surface area contributed by atoms with Crippen LogP contribution in [0.15, 0.2) is 0 Å². The van der Waals surface area contributed by atoms with Gasteiger partial charge in [0.2, 0.25) is 0 Å². The van der Waals surface area contributed by atoms with Gasteiger partial charge in [0.1, 0.15) is 12.6 Å². The van der Waals surface area contributed by atoms with Crippen LogP contribution in [0.5, 0.6) is 0 Å². The van der Waals surface area contributed by atoms with Crippen LogP contribution < -0.4 is 0 Å². The Kier molecular flexibility index (Phi) is 0.487. The van der Waals surface area contributed by atoms with E-state index in [2.05, 4.69) is 6.92 Å². The van der Waals surface area contributed by atoms with E-state index in [1.807, 2.05) is 0 Å². The van der Waals surface area contributed by atoms with Gasteiger partial charge in [0, 0.05) is 6.42 Å². The predicted molar refractivity (Wildman–Crippen MR) is 28.9 cm³/mol. The van der Waals surface area contributed by atoms with Crippen LogP contribution in [0, 0.1) is 0 Å². The highest BCUT2D eigenvalue weighted by Gasteiger charge is 2.55. The largest absolute Gasteiger partial charge is 0.311 e. The Labute approximate surface area is 44.5 Å². The minimum Gasteiger partial charge on any atom is -0.311 e. The molecule has 1 unspecified atom stereocenters. The molecule has 40 valence electrons. The summed E-state index contributed by atoms with van der Waals surface area (Å²) in [5.41, 5.74) is 0. The van der Waals surface area contributed by atoms with E-state index in [0.29, 0.717) is 0 Å². The Bertz CT molecular complexity index is 88.8. The van der Waals surface area contributed by atoms with Crippen LogP contribution in [0.3, 0.4) is 0 Å². The predicted octanol–water partition coefficient (Wildman–Crippen LogP) is 0.609. The monoisotopic (exact) mass is 98.1 g/mol. The van der Waals surface area contributed by atoms with Crippen molar-refractivity contribution in [3.8, 4) is 0 Å². The van der Waals surface area contributed by atoms with E-state index in [1.165, 1.54) is 30.5 Å². The van der Waals surface area contributed by atoms with Crippen molar-refractivity contribution in [1.29, 1.82) is 0 Å². The Morgan fingerprint density at radius 2 is 2.00 bits per heavy atom. The molecule has 2 rings (SSSR count). The number of rotatable bonds is 0. The van der Waals surface area contributed by atoms with Crippen LogP contribution in [0.25, 0.3) is 0 Å². The van der Waals surface area contributed by atoms with Gasteiger partial charge in [0.15, 0.2) is 0 Å².